The number of hydrogen-bond donors (Lipinski definition) is 0. The molecule has 0 radical (unpaired) electrons. The molecule has 0 spiro atoms. The molecule has 0 aliphatic heterocycles. The van der Waals surface area contributed by atoms with Gasteiger partial charge in [-0.2, -0.15) is 0 Å². The number of hydrogen-bond acceptors (Lipinski definition) is 3. The monoisotopic (exact) mass is 329 g/mol. The molecule has 0 fully saturated rings. The van der Waals surface area contributed by atoms with Crippen LogP contribution in [0.5, 0.6) is 5.75 Å². The minimum absolute atomic E-state index is 0.0166. The molecule has 0 unspecified atom stereocenters. The lowest BCUT2D eigenvalue weighted by atomic mass is 10.1. The SMILES string of the molecule is CCOc1ccc2c(=O)c3c(cn4c5ccccc5ccc34)oc2c1. The Hall–Kier alpha value is -3.27. The van der Waals surface area contributed by atoms with E-state index in [1.165, 1.54) is 0 Å². The van der Waals surface area contributed by atoms with Crippen LogP contribution in [0, 0.1) is 0 Å². The third-order valence-corrected chi connectivity index (χ3v) is 4.58. The van der Waals surface area contributed by atoms with E-state index < -0.39 is 0 Å². The van der Waals surface area contributed by atoms with Crippen molar-refractivity contribution in [3.8, 4) is 5.75 Å². The summed E-state index contributed by atoms with van der Waals surface area (Å²) in [6, 6.07) is 17.5. The first-order valence-electron chi connectivity index (χ1n) is 8.28. The van der Waals surface area contributed by atoms with Crippen molar-refractivity contribution in [2.45, 2.75) is 6.92 Å². The van der Waals surface area contributed by atoms with Crippen LogP contribution in [0.3, 0.4) is 0 Å². The molecule has 25 heavy (non-hydrogen) atoms. The highest BCUT2D eigenvalue weighted by molar-refractivity contribution is 6.02. The van der Waals surface area contributed by atoms with E-state index >= 15 is 0 Å². The van der Waals surface area contributed by atoms with Crippen molar-refractivity contribution in [1.29, 1.82) is 0 Å². The van der Waals surface area contributed by atoms with E-state index in [1.54, 1.807) is 12.1 Å². The van der Waals surface area contributed by atoms with Crippen molar-refractivity contribution in [3.63, 3.8) is 0 Å². The lowest BCUT2D eigenvalue weighted by Gasteiger charge is -2.04. The fourth-order valence-electron chi connectivity index (χ4n) is 3.47. The Balaban J connectivity index is 1.94. The molecule has 5 aromatic rings. The number of benzene rings is 2. The minimum atomic E-state index is -0.0166. The van der Waals surface area contributed by atoms with Gasteiger partial charge in [0.15, 0.2) is 5.58 Å². The smallest absolute Gasteiger partial charge is 0.202 e. The molecule has 5 rings (SSSR count). The van der Waals surface area contributed by atoms with Crippen LogP contribution in [-0.2, 0) is 0 Å². The van der Waals surface area contributed by atoms with Gasteiger partial charge in [-0.3, -0.25) is 4.79 Å². The Morgan fingerprint density at radius 1 is 1.00 bits per heavy atom. The van der Waals surface area contributed by atoms with Gasteiger partial charge >= 0.3 is 0 Å². The summed E-state index contributed by atoms with van der Waals surface area (Å²) in [5.74, 6) is 0.701. The minimum Gasteiger partial charge on any atom is -0.494 e. The summed E-state index contributed by atoms with van der Waals surface area (Å²) in [5, 5.41) is 2.30. The second-order valence-electron chi connectivity index (χ2n) is 6.04. The molecule has 0 saturated carbocycles. The van der Waals surface area contributed by atoms with Crippen molar-refractivity contribution in [2.24, 2.45) is 0 Å². The zero-order chi connectivity index (χ0) is 17.0. The molecule has 0 bridgehead atoms. The maximum Gasteiger partial charge on any atom is 0.202 e. The molecule has 0 N–H and O–H groups in total. The third-order valence-electron chi connectivity index (χ3n) is 4.58. The normalized spacial score (nSPS) is 11.7. The van der Waals surface area contributed by atoms with Crippen molar-refractivity contribution in [3.05, 3.63) is 71.0 Å². The van der Waals surface area contributed by atoms with E-state index in [-0.39, 0.29) is 5.43 Å². The number of pyridine rings is 1. The van der Waals surface area contributed by atoms with Crippen LogP contribution in [0.2, 0.25) is 0 Å². The first kappa shape index (κ1) is 14.1. The van der Waals surface area contributed by atoms with Crippen molar-refractivity contribution in [1.82, 2.24) is 4.40 Å². The predicted octanol–water partition coefficient (Wildman–Crippen LogP) is 4.75. The second kappa shape index (κ2) is 5.11. The topological polar surface area (TPSA) is 43.9 Å². The molecule has 122 valence electrons. The Morgan fingerprint density at radius 3 is 2.76 bits per heavy atom. The zero-order valence-corrected chi connectivity index (χ0v) is 13.7. The van der Waals surface area contributed by atoms with E-state index in [0.717, 1.165) is 16.4 Å². The predicted molar refractivity (Wildman–Crippen MR) is 99.6 cm³/mol. The molecule has 4 nitrogen and oxygen atoms in total. The first-order chi connectivity index (χ1) is 12.3. The number of ether oxygens (including phenoxy) is 1. The zero-order valence-electron chi connectivity index (χ0n) is 13.7. The highest BCUT2D eigenvalue weighted by atomic mass is 16.5. The van der Waals surface area contributed by atoms with E-state index in [1.807, 2.05) is 53.9 Å². The summed E-state index contributed by atoms with van der Waals surface area (Å²) in [4.78, 5) is 13.1. The Morgan fingerprint density at radius 2 is 1.88 bits per heavy atom. The van der Waals surface area contributed by atoms with Gasteiger partial charge in [0.2, 0.25) is 5.43 Å². The average molecular weight is 329 g/mol. The molecule has 0 saturated heterocycles. The van der Waals surface area contributed by atoms with Crippen molar-refractivity contribution in [2.75, 3.05) is 6.61 Å². The van der Waals surface area contributed by atoms with Gasteiger partial charge in [0.05, 0.1) is 34.6 Å². The maximum absolute atomic E-state index is 13.1. The van der Waals surface area contributed by atoms with Gasteiger partial charge in [-0.1, -0.05) is 24.3 Å². The van der Waals surface area contributed by atoms with E-state index in [0.29, 0.717) is 34.3 Å². The van der Waals surface area contributed by atoms with Gasteiger partial charge in [-0.15, -0.1) is 0 Å². The Kier molecular flexibility index (Phi) is 2.88. The summed E-state index contributed by atoms with van der Waals surface area (Å²) < 4.78 is 13.6. The summed E-state index contributed by atoms with van der Waals surface area (Å²) in [5.41, 5.74) is 3.02. The molecule has 3 heterocycles. The molecule has 0 atom stereocenters. The molecule has 0 amide bonds. The number of rotatable bonds is 2. The first-order valence-corrected chi connectivity index (χ1v) is 8.28. The van der Waals surface area contributed by atoms with Crippen LogP contribution in [0.15, 0.2) is 70.0 Å². The van der Waals surface area contributed by atoms with Crippen LogP contribution in [0.4, 0.5) is 0 Å². The quantitative estimate of drug-likeness (QED) is 0.469. The van der Waals surface area contributed by atoms with Gasteiger partial charge < -0.3 is 13.6 Å². The van der Waals surface area contributed by atoms with Gasteiger partial charge in [-0.05, 0) is 36.6 Å². The third kappa shape index (κ3) is 1.97. The van der Waals surface area contributed by atoms with Crippen LogP contribution >= 0.6 is 0 Å². The fourth-order valence-corrected chi connectivity index (χ4v) is 3.47. The number of para-hydroxylation sites is 1. The van der Waals surface area contributed by atoms with E-state index in [2.05, 4.69) is 6.07 Å². The molecule has 0 aliphatic carbocycles. The molecule has 0 aliphatic rings. The summed E-state index contributed by atoms with van der Waals surface area (Å²) >= 11 is 0. The van der Waals surface area contributed by atoms with Crippen LogP contribution in [-0.4, -0.2) is 11.0 Å². The Bertz CT molecular complexity index is 1330. The van der Waals surface area contributed by atoms with Crippen molar-refractivity contribution < 1.29 is 9.15 Å². The van der Waals surface area contributed by atoms with Gasteiger partial charge in [-0.25, -0.2) is 0 Å². The van der Waals surface area contributed by atoms with Crippen LogP contribution in [0.25, 0.3) is 38.4 Å². The highest BCUT2D eigenvalue weighted by Crippen LogP contribution is 2.28. The summed E-state index contributed by atoms with van der Waals surface area (Å²) in [6.07, 6.45) is 1.89. The lowest BCUT2D eigenvalue weighted by Crippen LogP contribution is -2.01. The van der Waals surface area contributed by atoms with E-state index in [4.69, 9.17) is 9.15 Å². The lowest BCUT2D eigenvalue weighted by molar-refractivity contribution is 0.340. The largest absolute Gasteiger partial charge is 0.494 e. The van der Waals surface area contributed by atoms with Gasteiger partial charge in [0.25, 0.3) is 0 Å². The number of fused-ring (bicyclic) bond motifs is 6. The number of aromatic nitrogens is 1. The molecule has 2 aromatic carbocycles. The molecular weight excluding hydrogens is 314 g/mol. The van der Waals surface area contributed by atoms with Gasteiger partial charge in [0.1, 0.15) is 11.3 Å². The van der Waals surface area contributed by atoms with E-state index in [9.17, 15) is 4.79 Å². The molecular formula is C21H15NO3. The molecule has 4 heteroatoms. The molecule has 3 aromatic heterocycles. The maximum atomic E-state index is 13.1. The second-order valence-corrected chi connectivity index (χ2v) is 6.04. The van der Waals surface area contributed by atoms with Crippen LogP contribution < -0.4 is 10.2 Å². The van der Waals surface area contributed by atoms with Crippen LogP contribution in [0.1, 0.15) is 6.92 Å². The van der Waals surface area contributed by atoms with Gasteiger partial charge in [0, 0.05) is 6.07 Å². The summed E-state index contributed by atoms with van der Waals surface area (Å²) in [7, 11) is 0. The summed E-state index contributed by atoms with van der Waals surface area (Å²) in [6.45, 7) is 2.50. The Labute approximate surface area is 142 Å². The average Bonchev–Trinajstić information content (AvgIpc) is 3.01. The standard InChI is InChI=1S/C21H15NO3/c1-2-24-14-8-9-15-18(11-14)25-19-12-22-16-6-4-3-5-13(16)7-10-17(22)20(19)21(15)23/h3-12H,2H2,1H3. The van der Waals surface area contributed by atoms with Crippen molar-refractivity contribution >= 4 is 38.4 Å². The fraction of sp³-hybridized carbons (Fsp3) is 0.0952. The highest BCUT2D eigenvalue weighted by Gasteiger charge is 2.14. The number of nitrogens with zero attached hydrogens (tertiary/aromatic N) is 1.